The summed E-state index contributed by atoms with van der Waals surface area (Å²) in [6.07, 6.45) is -0.550. The zero-order valence-electron chi connectivity index (χ0n) is 23.6. The van der Waals surface area contributed by atoms with E-state index in [0.717, 1.165) is 0 Å². The predicted molar refractivity (Wildman–Crippen MR) is 138 cm³/mol. The molecule has 0 aromatic rings. The van der Waals surface area contributed by atoms with Crippen molar-refractivity contribution in [3.05, 3.63) is 11.1 Å². The van der Waals surface area contributed by atoms with Gasteiger partial charge in [0.05, 0.1) is 17.6 Å². The van der Waals surface area contributed by atoms with Crippen molar-refractivity contribution < 1.29 is 39.3 Å². The topological polar surface area (TPSA) is 146 Å². The van der Waals surface area contributed by atoms with Gasteiger partial charge in [0.2, 0.25) is 0 Å². The molecule has 0 aliphatic heterocycles. The Morgan fingerprint density at radius 1 is 1.05 bits per heavy atom. The molecule has 0 saturated heterocycles. The van der Waals surface area contributed by atoms with Crippen LogP contribution in [0.2, 0.25) is 0 Å². The van der Waals surface area contributed by atoms with Gasteiger partial charge in [-0.2, -0.15) is 0 Å². The van der Waals surface area contributed by atoms with Crippen LogP contribution in [0.4, 0.5) is 0 Å². The van der Waals surface area contributed by atoms with Crippen LogP contribution >= 0.6 is 0 Å². The van der Waals surface area contributed by atoms with Crippen LogP contribution < -0.4 is 0 Å². The molecule has 0 aromatic heterocycles. The van der Waals surface area contributed by atoms with Crippen LogP contribution in [-0.2, 0) is 24.0 Å². The first-order chi connectivity index (χ1) is 17.2. The molecule has 0 heterocycles. The van der Waals surface area contributed by atoms with Crippen molar-refractivity contribution in [3.63, 3.8) is 0 Å². The van der Waals surface area contributed by atoms with Crippen LogP contribution in [0.5, 0.6) is 0 Å². The number of aliphatic hydroxyl groups is 2. The van der Waals surface area contributed by atoms with Gasteiger partial charge in [-0.15, -0.1) is 0 Å². The Morgan fingerprint density at radius 3 is 2.24 bits per heavy atom. The SMILES string of the molecule is C[C@@H](CC(=O)C[C@](C)(O)[C@H]1C[C@H](O)[C@@]2(C)C3=C(C(=O)C[C@]12C)[C@@]1(C)CCC(=O)C(C)(C)[C@@H]1CC3=O)C(=O)O. The van der Waals surface area contributed by atoms with Gasteiger partial charge in [0.25, 0.3) is 0 Å². The fourth-order valence-corrected chi connectivity index (χ4v) is 8.97. The second kappa shape index (κ2) is 8.65. The minimum Gasteiger partial charge on any atom is -0.481 e. The van der Waals surface area contributed by atoms with E-state index in [9.17, 15) is 39.3 Å². The van der Waals surface area contributed by atoms with Crippen molar-refractivity contribution in [2.45, 2.75) is 105 Å². The van der Waals surface area contributed by atoms with Gasteiger partial charge in [-0.1, -0.05) is 41.5 Å². The second-order valence-corrected chi connectivity index (χ2v) is 14.0. The van der Waals surface area contributed by atoms with Crippen molar-refractivity contribution in [1.82, 2.24) is 0 Å². The molecule has 8 atom stereocenters. The normalized spacial score (nSPS) is 40.7. The minimum atomic E-state index is -1.62. The summed E-state index contributed by atoms with van der Waals surface area (Å²) in [5.74, 6) is -3.71. The number of fused-ring (bicyclic) bond motifs is 4. The molecule has 8 nitrogen and oxygen atoms in total. The lowest BCUT2D eigenvalue weighted by Crippen LogP contribution is -2.60. The summed E-state index contributed by atoms with van der Waals surface area (Å²) in [5.41, 5.74) is -4.39. The Balaban J connectivity index is 1.79. The molecule has 0 spiro atoms. The van der Waals surface area contributed by atoms with Crippen molar-refractivity contribution in [2.24, 2.45) is 39.4 Å². The summed E-state index contributed by atoms with van der Waals surface area (Å²) in [4.78, 5) is 64.7. The van der Waals surface area contributed by atoms with Crippen molar-refractivity contribution in [2.75, 3.05) is 0 Å². The van der Waals surface area contributed by atoms with E-state index in [4.69, 9.17) is 0 Å². The van der Waals surface area contributed by atoms with Gasteiger partial charge in [0.15, 0.2) is 11.6 Å². The van der Waals surface area contributed by atoms with Crippen LogP contribution in [0.3, 0.4) is 0 Å². The highest BCUT2D eigenvalue weighted by atomic mass is 16.4. The van der Waals surface area contributed by atoms with E-state index < -0.39 is 57.0 Å². The number of carboxylic acid groups (broad SMARTS) is 1. The summed E-state index contributed by atoms with van der Waals surface area (Å²) in [6, 6.07) is 0. The molecule has 210 valence electrons. The minimum absolute atomic E-state index is 0.00386. The lowest BCUT2D eigenvalue weighted by Gasteiger charge is -2.59. The van der Waals surface area contributed by atoms with Gasteiger partial charge in [0, 0.05) is 59.5 Å². The van der Waals surface area contributed by atoms with Gasteiger partial charge in [-0.25, -0.2) is 0 Å². The average molecular weight is 531 g/mol. The lowest BCUT2D eigenvalue weighted by molar-refractivity contribution is -0.150. The molecule has 0 bridgehead atoms. The fourth-order valence-electron chi connectivity index (χ4n) is 8.97. The number of hydrogen-bond acceptors (Lipinski definition) is 7. The molecule has 8 heteroatoms. The Morgan fingerprint density at radius 2 is 1.66 bits per heavy atom. The molecule has 4 aliphatic carbocycles. The predicted octanol–water partition coefficient (Wildman–Crippen LogP) is 3.45. The molecule has 0 amide bonds. The zero-order chi connectivity index (χ0) is 28.8. The third kappa shape index (κ3) is 3.73. The van der Waals surface area contributed by atoms with E-state index in [2.05, 4.69) is 0 Å². The molecule has 0 radical (unpaired) electrons. The highest BCUT2D eigenvalue weighted by Crippen LogP contribution is 2.71. The largest absolute Gasteiger partial charge is 0.481 e. The van der Waals surface area contributed by atoms with Crippen LogP contribution in [0.15, 0.2) is 11.1 Å². The molecule has 2 fully saturated rings. The molecule has 2 saturated carbocycles. The second-order valence-electron chi connectivity index (χ2n) is 14.0. The Labute approximate surface area is 224 Å². The molecule has 3 N–H and O–H groups in total. The van der Waals surface area contributed by atoms with Gasteiger partial charge in [0.1, 0.15) is 11.6 Å². The quantitative estimate of drug-likeness (QED) is 0.473. The molecular formula is C30H42O8. The van der Waals surface area contributed by atoms with Gasteiger partial charge >= 0.3 is 5.97 Å². The van der Waals surface area contributed by atoms with Crippen LogP contribution in [0.1, 0.15) is 93.4 Å². The Kier molecular flexibility index (Phi) is 6.56. The molecule has 38 heavy (non-hydrogen) atoms. The molecular weight excluding hydrogens is 488 g/mol. The third-order valence-electron chi connectivity index (χ3n) is 11.4. The first-order valence-electron chi connectivity index (χ1n) is 13.7. The summed E-state index contributed by atoms with van der Waals surface area (Å²) in [5, 5.41) is 32.4. The van der Waals surface area contributed by atoms with Gasteiger partial charge in [-0.3, -0.25) is 24.0 Å². The molecule has 4 rings (SSSR count). The van der Waals surface area contributed by atoms with E-state index in [-0.39, 0.29) is 55.4 Å². The number of rotatable bonds is 6. The zero-order valence-corrected chi connectivity index (χ0v) is 23.6. The number of Topliss-reactive ketones (excluding diaryl/α,β-unsaturated/α-hetero) is 4. The number of carboxylic acids is 1. The van der Waals surface area contributed by atoms with E-state index in [1.54, 1.807) is 0 Å². The van der Waals surface area contributed by atoms with Gasteiger partial charge in [-0.05, 0) is 37.0 Å². The highest BCUT2D eigenvalue weighted by molar-refractivity contribution is 6.12. The van der Waals surface area contributed by atoms with Gasteiger partial charge < -0.3 is 15.3 Å². The van der Waals surface area contributed by atoms with E-state index in [1.807, 2.05) is 34.6 Å². The summed E-state index contributed by atoms with van der Waals surface area (Å²) in [6.45, 7) is 12.3. The first kappa shape index (κ1) is 28.8. The molecule has 4 aliphatic rings. The number of ketones is 4. The van der Waals surface area contributed by atoms with E-state index in [1.165, 1.54) is 13.8 Å². The van der Waals surface area contributed by atoms with Crippen LogP contribution in [-0.4, -0.2) is 56.1 Å². The average Bonchev–Trinajstić information content (AvgIpc) is 2.99. The lowest BCUT2D eigenvalue weighted by atomic mass is 9.42. The number of carbonyl (C=O) groups is 5. The van der Waals surface area contributed by atoms with E-state index in [0.29, 0.717) is 24.0 Å². The van der Waals surface area contributed by atoms with Crippen molar-refractivity contribution in [3.8, 4) is 0 Å². The fraction of sp³-hybridized carbons (Fsp3) is 0.767. The number of carbonyl (C=O) groups excluding carboxylic acids is 4. The molecule has 0 aromatic carbocycles. The first-order valence-corrected chi connectivity index (χ1v) is 13.7. The number of aliphatic carboxylic acids is 1. The monoisotopic (exact) mass is 530 g/mol. The number of hydrogen-bond donors (Lipinski definition) is 3. The maximum Gasteiger partial charge on any atom is 0.306 e. The maximum absolute atomic E-state index is 14.0. The standard InChI is InChI=1S/C30H42O8/c1-15(25(36)37)10-16(31)13-29(6,38)20-12-22(35)30(7)24-17(32)11-19-26(2,3)21(34)8-9-27(19,4)23(24)18(33)14-28(20,30)5/h15,19-20,22,35,38H,8-14H2,1-7H3,(H,36,37)/t15-,19-,20-,22-,27-,28+,29-,30-/m0/s1. The van der Waals surface area contributed by atoms with Crippen molar-refractivity contribution in [1.29, 1.82) is 0 Å². The Bertz CT molecular complexity index is 1160. The smallest absolute Gasteiger partial charge is 0.306 e. The Hall–Kier alpha value is -2.19. The number of aliphatic hydroxyl groups excluding tert-OH is 1. The summed E-state index contributed by atoms with van der Waals surface area (Å²) in [7, 11) is 0. The van der Waals surface area contributed by atoms with Crippen LogP contribution in [0, 0.1) is 39.4 Å². The number of allylic oxidation sites excluding steroid dienone is 1. The summed E-state index contributed by atoms with van der Waals surface area (Å²) >= 11 is 0. The van der Waals surface area contributed by atoms with Crippen LogP contribution in [0.25, 0.3) is 0 Å². The van der Waals surface area contributed by atoms with E-state index >= 15 is 0 Å². The van der Waals surface area contributed by atoms with Crippen molar-refractivity contribution >= 4 is 29.1 Å². The maximum atomic E-state index is 14.0. The third-order valence-corrected chi connectivity index (χ3v) is 11.4. The highest BCUT2D eigenvalue weighted by Gasteiger charge is 2.71. The summed E-state index contributed by atoms with van der Waals surface area (Å²) < 4.78 is 0. The molecule has 0 unspecified atom stereocenters.